The van der Waals surface area contributed by atoms with Crippen molar-refractivity contribution in [1.29, 1.82) is 0 Å². The number of likely N-dealkylation sites (N-methyl/N-ethyl adjacent to an activating group) is 1. The highest BCUT2D eigenvalue weighted by Gasteiger charge is 2.36. The van der Waals surface area contributed by atoms with Gasteiger partial charge in [0.15, 0.2) is 0 Å². The summed E-state index contributed by atoms with van der Waals surface area (Å²) in [7, 11) is 0. The number of amides is 3. The van der Waals surface area contributed by atoms with Crippen LogP contribution in [-0.2, 0) is 14.3 Å². The molecule has 2 atom stereocenters. The molecular weight excluding hydrogens is 482 g/mol. The fraction of sp³-hybridized carbons (Fsp3) is 0.300. The van der Waals surface area contributed by atoms with Crippen molar-refractivity contribution < 1.29 is 24.2 Å². The Bertz CT molecular complexity index is 1360. The first-order valence-electron chi connectivity index (χ1n) is 12.3. The van der Waals surface area contributed by atoms with Gasteiger partial charge in [0.1, 0.15) is 17.7 Å². The second-order valence-electron chi connectivity index (χ2n) is 9.69. The van der Waals surface area contributed by atoms with E-state index in [4.69, 9.17) is 11.2 Å². The van der Waals surface area contributed by atoms with E-state index in [9.17, 15) is 19.5 Å². The van der Waals surface area contributed by atoms with Crippen molar-refractivity contribution in [3.63, 3.8) is 0 Å². The highest BCUT2D eigenvalue weighted by molar-refractivity contribution is 6.00. The van der Waals surface area contributed by atoms with E-state index in [0.29, 0.717) is 16.8 Å². The number of carbonyl (C=O) groups excluding carboxylic acids is 3. The first-order valence-corrected chi connectivity index (χ1v) is 12.3. The summed E-state index contributed by atoms with van der Waals surface area (Å²) in [6, 6.07) is 17.6. The van der Waals surface area contributed by atoms with Crippen molar-refractivity contribution in [1.82, 2.24) is 10.2 Å². The summed E-state index contributed by atoms with van der Waals surface area (Å²) in [5.41, 5.74) is 0.632. The van der Waals surface area contributed by atoms with Gasteiger partial charge in [0, 0.05) is 17.8 Å². The standard InChI is InChI=1S/C30H33N3O5/c1-6-20-12-10-11-15-24(20)26(27(35)31-23-17-16-21-13-8-9-14-22(21)18-23)33(7-2)28(36)25(19-34)32-29(37)38-30(3,4)5/h1,8-18,25-26,34H,7,19H2,2-5H3,(H,31,35)(H,32,37). The van der Waals surface area contributed by atoms with Crippen LogP contribution in [0.1, 0.15) is 44.9 Å². The van der Waals surface area contributed by atoms with Crippen LogP contribution in [0.15, 0.2) is 66.7 Å². The lowest BCUT2D eigenvalue weighted by molar-refractivity contribution is -0.141. The van der Waals surface area contributed by atoms with Crippen molar-refractivity contribution in [3.05, 3.63) is 77.9 Å². The maximum atomic E-state index is 13.8. The molecule has 0 aromatic heterocycles. The summed E-state index contributed by atoms with van der Waals surface area (Å²) in [5.74, 6) is 1.43. The van der Waals surface area contributed by atoms with E-state index in [1.54, 1.807) is 58.0 Å². The van der Waals surface area contributed by atoms with Gasteiger partial charge in [-0.05, 0) is 62.2 Å². The van der Waals surface area contributed by atoms with E-state index in [1.807, 2.05) is 36.4 Å². The lowest BCUT2D eigenvalue weighted by atomic mass is 9.97. The van der Waals surface area contributed by atoms with Gasteiger partial charge in [-0.15, -0.1) is 6.42 Å². The van der Waals surface area contributed by atoms with Crippen molar-refractivity contribution in [2.75, 3.05) is 18.5 Å². The predicted octanol–water partition coefficient (Wildman–Crippen LogP) is 4.24. The minimum Gasteiger partial charge on any atom is -0.444 e. The molecular formula is C30H33N3O5. The van der Waals surface area contributed by atoms with E-state index in [1.165, 1.54) is 4.90 Å². The van der Waals surface area contributed by atoms with Crippen LogP contribution in [0.25, 0.3) is 10.8 Å². The Morgan fingerprint density at radius 2 is 1.68 bits per heavy atom. The summed E-state index contributed by atoms with van der Waals surface area (Å²) in [6.07, 6.45) is 4.87. The molecule has 3 N–H and O–H groups in total. The Balaban J connectivity index is 1.98. The minimum absolute atomic E-state index is 0.0973. The van der Waals surface area contributed by atoms with Crippen LogP contribution in [0.5, 0.6) is 0 Å². The molecule has 0 heterocycles. The second-order valence-corrected chi connectivity index (χ2v) is 9.69. The second kappa shape index (κ2) is 12.3. The first kappa shape index (κ1) is 28.2. The molecule has 0 saturated heterocycles. The zero-order valence-electron chi connectivity index (χ0n) is 22.0. The van der Waals surface area contributed by atoms with E-state index >= 15 is 0 Å². The van der Waals surface area contributed by atoms with Crippen LogP contribution in [0.4, 0.5) is 10.5 Å². The molecule has 3 aromatic rings. The third-order valence-corrected chi connectivity index (χ3v) is 5.78. The van der Waals surface area contributed by atoms with Gasteiger partial charge >= 0.3 is 6.09 Å². The van der Waals surface area contributed by atoms with Crippen LogP contribution in [-0.4, -0.2) is 52.7 Å². The largest absolute Gasteiger partial charge is 0.444 e. The molecule has 0 radical (unpaired) electrons. The molecule has 8 nitrogen and oxygen atoms in total. The maximum absolute atomic E-state index is 13.8. The number of hydrogen-bond acceptors (Lipinski definition) is 5. The van der Waals surface area contributed by atoms with Crippen molar-refractivity contribution in [2.24, 2.45) is 0 Å². The van der Waals surface area contributed by atoms with Gasteiger partial charge in [-0.3, -0.25) is 9.59 Å². The maximum Gasteiger partial charge on any atom is 0.408 e. The fourth-order valence-electron chi connectivity index (χ4n) is 4.10. The van der Waals surface area contributed by atoms with Crippen LogP contribution in [0.2, 0.25) is 0 Å². The van der Waals surface area contributed by atoms with Gasteiger partial charge in [-0.1, -0.05) is 54.5 Å². The van der Waals surface area contributed by atoms with Gasteiger partial charge < -0.3 is 25.4 Å². The molecule has 8 heteroatoms. The third-order valence-electron chi connectivity index (χ3n) is 5.78. The smallest absolute Gasteiger partial charge is 0.408 e. The van der Waals surface area contributed by atoms with Gasteiger partial charge in [0.25, 0.3) is 5.91 Å². The fourth-order valence-corrected chi connectivity index (χ4v) is 4.10. The Hall–Kier alpha value is -4.35. The number of nitrogens with zero attached hydrogens (tertiary/aromatic N) is 1. The topological polar surface area (TPSA) is 108 Å². The van der Waals surface area contributed by atoms with Crippen LogP contribution >= 0.6 is 0 Å². The Morgan fingerprint density at radius 1 is 1.03 bits per heavy atom. The number of nitrogens with one attached hydrogen (secondary N) is 2. The predicted molar refractivity (Wildman–Crippen MR) is 147 cm³/mol. The molecule has 3 amide bonds. The number of aliphatic hydroxyl groups is 1. The number of benzene rings is 3. The van der Waals surface area contributed by atoms with E-state index in [0.717, 1.165) is 10.8 Å². The van der Waals surface area contributed by atoms with Gasteiger partial charge in [-0.25, -0.2) is 4.79 Å². The van der Waals surface area contributed by atoms with Crippen LogP contribution in [0, 0.1) is 12.3 Å². The lowest BCUT2D eigenvalue weighted by Crippen LogP contribution is -2.53. The average molecular weight is 516 g/mol. The number of aliphatic hydroxyl groups excluding tert-OH is 1. The molecule has 0 bridgehead atoms. The number of fused-ring (bicyclic) bond motifs is 1. The number of carbonyl (C=O) groups is 3. The van der Waals surface area contributed by atoms with Crippen molar-refractivity contribution >= 4 is 34.4 Å². The lowest BCUT2D eigenvalue weighted by Gasteiger charge is -2.33. The minimum atomic E-state index is -1.33. The number of anilines is 1. The molecule has 198 valence electrons. The van der Waals surface area contributed by atoms with Crippen molar-refractivity contribution in [3.8, 4) is 12.3 Å². The zero-order chi connectivity index (χ0) is 27.9. The molecule has 0 fully saturated rings. The summed E-state index contributed by atoms with van der Waals surface area (Å²) in [6.45, 7) is 6.17. The molecule has 3 aromatic carbocycles. The highest BCUT2D eigenvalue weighted by Crippen LogP contribution is 2.28. The van der Waals surface area contributed by atoms with E-state index in [-0.39, 0.29) is 6.54 Å². The Kier molecular flexibility index (Phi) is 9.11. The molecule has 0 spiro atoms. The molecule has 3 rings (SSSR count). The van der Waals surface area contributed by atoms with E-state index < -0.39 is 42.2 Å². The quantitative estimate of drug-likeness (QED) is 0.389. The Labute approximate surface area is 223 Å². The molecule has 0 aliphatic rings. The SMILES string of the molecule is C#Cc1ccccc1C(C(=O)Nc1ccc2ccccc2c1)N(CC)C(=O)C(CO)NC(=O)OC(C)(C)C. The molecule has 0 saturated carbocycles. The third kappa shape index (κ3) is 6.90. The monoisotopic (exact) mass is 515 g/mol. The number of rotatable bonds is 8. The highest BCUT2D eigenvalue weighted by atomic mass is 16.6. The zero-order valence-corrected chi connectivity index (χ0v) is 22.0. The molecule has 0 aliphatic carbocycles. The summed E-state index contributed by atoms with van der Waals surface area (Å²) >= 11 is 0. The normalized spacial score (nSPS) is 12.6. The van der Waals surface area contributed by atoms with E-state index in [2.05, 4.69) is 16.6 Å². The summed E-state index contributed by atoms with van der Waals surface area (Å²) in [4.78, 5) is 41.0. The summed E-state index contributed by atoms with van der Waals surface area (Å²) < 4.78 is 5.24. The average Bonchev–Trinajstić information content (AvgIpc) is 2.88. The first-order chi connectivity index (χ1) is 18.1. The molecule has 38 heavy (non-hydrogen) atoms. The van der Waals surface area contributed by atoms with Gasteiger partial charge in [0.05, 0.1) is 6.61 Å². The number of alkyl carbamates (subject to hydrolysis) is 1. The molecule has 0 aliphatic heterocycles. The Morgan fingerprint density at radius 3 is 2.32 bits per heavy atom. The van der Waals surface area contributed by atoms with Gasteiger partial charge in [-0.2, -0.15) is 0 Å². The number of terminal acetylenes is 1. The number of hydrogen-bond donors (Lipinski definition) is 3. The summed E-state index contributed by atoms with van der Waals surface area (Å²) in [5, 5.41) is 17.2. The molecule has 2 unspecified atom stereocenters. The number of ether oxygens (including phenoxy) is 1. The van der Waals surface area contributed by atoms with Crippen LogP contribution < -0.4 is 10.6 Å². The van der Waals surface area contributed by atoms with Gasteiger partial charge in [0.2, 0.25) is 5.91 Å². The van der Waals surface area contributed by atoms with Crippen LogP contribution in [0.3, 0.4) is 0 Å². The van der Waals surface area contributed by atoms with Crippen molar-refractivity contribution in [2.45, 2.75) is 45.4 Å².